The molecule has 0 unspecified atom stereocenters. The number of amides is 1. The summed E-state index contributed by atoms with van der Waals surface area (Å²) < 4.78 is 17.3. The summed E-state index contributed by atoms with van der Waals surface area (Å²) >= 11 is 6.06. The number of carbonyl (C=O) groups excluding carboxylic acids is 1. The molecule has 10 heteroatoms. The number of pyridine rings is 1. The van der Waals surface area contributed by atoms with Gasteiger partial charge in [0.25, 0.3) is 11.4 Å². The molecule has 35 heavy (non-hydrogen) atoms. The van der Waals surface area contributed by atoms with Gasteiger partial charge in [0.15, 0.2) is 11.5 Å². The van der Waals surface area contributed by atoms with Crippen molar-refractivity contribution in [3.05, 3.63) is 75.2 Å². The molecule has 0 spiro atoms. The van der Waals surface area contributed by atoms with Crippen LogP contribution < -0.4 is 20.3 Å². The molecule has 0 atom stereocenters. The van der Waals surface area contributed by atoms with Crippen molar-refractivity contribution in [1.82, 2.24) is 14.7 Å². The Hall–Kier alpha value is -4.11. The highest BCUT2D eigenvalue weighted by Crippen LogP contribution is 2.30. The third-order valence-electron chi connectivity index (χ3n) is 5.40. The van der Waals surface area contributed by atoms with Crippen LogP contribution in [0.2, 0.25) is 5.02 Å². The standard InChI is InChI=1S/C25H23ClN4O5/c1-14-10-15(2)30(13-21(31)27-18-8-9-19(33-3)20(12-18)34-4)25(32)22(14)24-28-23(29-35-24)16-6-5-7-17(26)11-16/h5-12H,13H2,1-4H3,(H,27,31). The van der Waals surface area contributed by atoms with E-state index in [0.717, 1.165) is 0 Å². The van der Waals surface area contributed by atoms with E-state index in [9.17, 15) is 9.59 Å². The van der Waals surface area contributed by atoms with Crippen LogP contribution in [0.3, 0.4) is 0 Å². The lowest BCUT2D eigenvalue weighted by atomic mass is 10.1. The van der Waals surface area contributed by atoms with Crippen LogP contribution in [0, 0.1) is 13.8 Å². The molecule has 0 bridgehead atoms. The minimum absolute atomic E-state index is 0.0662. The number of rotatable bonds is 7. The summed E-state index contributed by atoms with van der Waals surface area (Å²) in [5, 5.41) is 7.30. The Morgan fingerprint density at radius 3 is 2.57 bits per heavy atom. The van der Waals surface area contributed by atoms with Gasteiger partial charge in [0, 0.05) is 28.0 Å². The summed E-state index contributed by atoms with van der Waals surface area (Å²) in [5.41, 5.74) is 2.26. The first kappa shape index (κ1) is 24.0. The highest BCUT2D eigenvalue weighted by atomic mass is 35.5. The van der Waals surface area contributed by atoms with E-state index in [4.69, 9.17) is 25.6 Å². The second kappa shape index (κ2) is 10.0. The molecule has 2 heterocycles. The molecule has 180 valence electrons. The normalized spacial score (nSPS) is 10.8. The smallest absolute Gasteiger partial charge is 0.264 e. The number of ether oxygens (including phenoxy) is 2. The van der Waals surface area contributed by atoms with Crippen molar-refractivity contribution in [3.8, 4) is 34.3 Å². The lowest BCUT2D eigenvalue weighted by Gasteiger charge is -2.14. The van der Waals surface area contributed by atoms with E-state index in [1.165, 1.54) is 18.8 Å². The predicted octanol–water partition coefficient (Wildman–Crippen LogP) is 4.49. The van der Waals surface area contributed by atoms with Gasteiger partial charge in [0.05, 0.1) is 14.2 Å². The van der Waals surface area contributed by atoms with Gasteiger partial charge in [0.2, 0.25) is 11.7 Å². The highest BCUT2D eigenvalue weighted by Gasteiger charge is 2.20. The number of aromatic nitrogens is 3. The van der Waals surface area contributed by atoms with E-state index in [0.29, 0.717) is 44.9 Å². The first-order valence-corrected chi connectivity index (χ1v) is 11.0. The van der Waals surface area contributed by atoms with Gasteiger partial charge in [-0.05, 0) is 49.7 Å². The van der Waals surface area contributed by atoms with E-state index in [-0.39, 0.29) is 23.9 Å². The van der Waals surface area contributed by atoms with Crippen molar-refractivity contribution < 1.29 is 18.8 Å². The van der Waals surface area contributed by atoms with Gasteiger partial charge < -0.3 is 23.9 Å². The quantitative estimate of drug-likeness (QED) is 0.403. The van der Waals surface area contributed by atoms with Crippen LogP contribution in [0.25, 0.3) is 22.8 Å². The first-order chi connectivity index (χ1) is 16.8. The zero-order valence-corrected chi connectivity index (χ0v) is 20.3. The summed E-state index contributed by atoms with van der Waals surface area (Å²) in [6.07, 6.45) is 0. The predicted molar refractivity (Wildman–Crippen MR) is 132 cm³/mol. The fourth-order valence-electron chi connectivity index (χ4n) is 3.71. The van der Waals surface area contributed by atoms with Crippen LogP contribution >= 0.6 is 11.6 Å². The van der Waals surface area contributed by atoms with E-state index in [2.05, 4.69) is 15.5 Å². The topological polar surface area (TPSA) is 108 Å². The SMILES string of the molecule is COc1ccc(NC(=O)Cn2c(C)cc(C)c(-c3nc(-c4cccc(Cl)c4)no3)c2=O)cc1OC. The molecular formula is C25H23ClN4O5. The van der Waals surface area contributed by atoms with Crippen molar-refractivity contribution in [2.45, 2.75) is 20.4 Å². The van der Waals surface area contributed by atoms with Gasteiger partial charge in [-0.2, -0.15) is 4.98 Å². The zero-order chi connectivity index (χ0) is 25.1. The van der Waals surface area contributed by atoms with Crippen LogP contribution in [-0.2, 0) is 11.3 Å². The van der Waals surface area contributed by atoms with Gasteiger partial charge in [0.1, 0.15) is 12.1 Å². The zero-order valence-electron chi connectivity index (χ0n) is 19.6. The van der Waals surface area contributed by atoms with Gasteiger partial charge in [-0.15, -0.1) is 0 Å². The number of halogens is 1. The monoisotopic (exact) mass is 494 g/mol. The molecule has 0 aliphatic heterocycles. The largest absolute Gasteiger partial charge is 0.493 e. The summed E-state index contributed by atoms with van der Waals surface area (Å²) in [6.45, 7) is 3.33. The lowest BCUT2D eigenvalue weighted by Crippen LogP contribution is -2.30. The van der Waals surface area contributed by atoms with Gasteiger partial charge in [-0.3, -0.25) is 9.59 Å². The minimum Gasteiger partial charge on any atom is -0.493 e. The second-order valence-electron chi connectivity index (χ2n) is 7.79. The number of carbonyl (C=O) groups is 1. The van der Waals surface area contributed by atoms with E-state index in [1.807, 2.05) is 0 Å². The van der Waals surface area contributed by atoms with Crippen molar-refractivity contribution in [1.29, 1.82) is 0 Å². The summed E-state index contributed by atoms with van der Waals surface area (Å²) in [6, 6.07) is 13.8. The molecule has 0 fully saturated rings. The van der Waals surface area contributed by atoms with Crippen LogP contribution in [0.4, 0.5) is 5.69 Å². The molecule has 0 saturated carbocycles. The number of aryl methyl sites for hydroxylation is 2. The molecule has 4 aromatic rings. The molecule has 0 radical (unpaired) electrons. The number of benzene rings is 2. The Kier molecular flexibility index (Phi) is 6.88. The van der Waals surface area contributed by atoms with Crippen molar-refractivity contribution >= 4 is 23.2 Å². The van der Waals surface area contributed by atoms with Crippen LogP contribution in [0.1, 0.15) is 11.3 Å². The van der Waals surface area contributed by atoms with E-state index < -0.39 is 5.56 Å². The Labute approximate surface area is 206 Å². The minimum atomic E-state index is -0.411. The molecule has 0 saturated heterocycles. The molecule has 4 rings (SSSR count). The summed E-state index contributed by atoms with van der Waals surface area (Å²) in [5.74, 6) is 0.999. The summed E-state index contributed by atoms with van der Waals surface area (Å²) in [7, 11) is 3.04. The van der Waals surface area contributed by atoms with Crippen LogP contribution in [0.5, 0.6) is 11.5 Å². The summed E-state index contributed by atoms with van der Waals surface area (Å²) in [4.78, 5) is 30.6. The number of anilines is 1. The molecule has 9 nitrogen and oxygen atoms in total. The fourth-order valence-corrected chi connectivity index (χ4v) is 3.90. The average molecular weight is 495 g/mol. The fraction of sp³-hybridized carbons (Fsp3) is 0.200. The van der Waals surface area contributed by atoms with Gasteiger partial charge in [-0.25, -0.2) is 0 Å². The lowest BCUT2D eigenvalue weighted by molar-refractivity contribution is -0.116. The third kappa shape index (κ3) is 5.04. The van der Waals surface area contributed by atoms with Crippen LogP contribution in [0.15, 0.2) is 57.8 Å². The number of nitrogens with zero attached hydrogens (tertiary/aromatic N) is 3. The van der Waals surface area contributed by atoms with Crippen LogP contribution in [-0.4, -0.2) is 34.8 Å². The maximum absolute atomic E-state index is 13.4. The molecule has 2 aromatic heterocycles. The highest BCUT2D eigenvalue weighted by molar-refractivity contribution is 6.30. The Bertz CT molecular complexity index is 1460. The van der Waals surface area contributed by atoms with Crippen molar-refractivity contribution in [2.24, 2.45) is 0 Å². The van der Waals surface area contributed by atoms with E-state index in [1.54, 1.807) is 62.4 Å². The molecule has 2 aromatic carbocycles. The van der Waals surface area contributed by atoms with Gasteiger partial charge in [-0.1, -0.05) is 28.9 Å². The average Bonchev–Trinajstić information content (AvgIpc) is 3.31. The first-order valence-electron chi connectivity index (χ1n) is 10.6. The number of hydrogen-bond donors (Lipinski definition) is 1. The van der Waals surface area contributed by atoms with Gasteiger partial charge >= 0.3 is 0 Å². The molecular weight excluding hydrogens is 472 g/mol. The molecule has 0 aliphatic carbocycles. The second-order valence-corrected chi connectivity index (χ2v) is 8.22. The maximum Gasteiger partial charge on any atom is 0.264 e. The Balaban J connectivity index is 1.62. The van der Waals surface area contributed by atoms with E-state index >= 15 is 0 Å². The maximum atomic E-state index is 13.4. The Morgan fingerprint density at radius 1 is 1.09 bits per heavy atom. The van der Waals surface area contributed by atoms with Crippen molar-refractivity contribution in [2.75, 3.05) is 19.5 Å². The van der Waals surface area contributed by atoms with Crippen molar-refractivity contribution in [3.63, 3.8) is 0 Å². The number of nitrogens with one attached hydrogen (secondary N) is 1. The third-order valence-corrected chi connectivity index (χ3v) is 5.63. The Morgan fingerprint density at radius 2 is 1.86 bits per heavy atom. The molecule has 0 aliphatic rings. The molecule has 1 amide bonds. The number of methoxy groups -OCH3 is 2. The number of hydrogen-bond acceptors (Lipinski definition) is 7. The molecule has 1 N–H and O–H groups in total.